The molecule has 26 heavy (non-hydrogen) atoms. The molecule has 0 saturated carbocycles. The first kappa shape index (κ1) is 19.6. The van der Waals surface area contributed by atoms with Crippen LogP contribution >= 0.6 is 11.8 Å². The van der Waals surface area contributed by atoms with Crippen LogP contribution in [0.5, 0.6) is 0 Å². The van der Waals surface area contributed by atoms with E-state index in [0.29, 0.717) is 11.8 Å². The second-order valence-electron chi connectivity index (χ2n) is 6.57. The number of fused-ring (bicyclic) bond motifs is 1. The minimum absolute atomic E-state index is 0.241. The highest BCUT2D eigenvalue weighted by Crippen LogP contribution is 2.35. The van der Waals surface area contributed by atoms with E-state index in [0.717, 1.165) is 18.4 Å². The Kier molecular flexibility index (Phi) is 6.52. The largest absolute Gasteiger partial charge is 0.388 e. The van der Waals surface area contributed by atoms with E-state index in [-0.39, 0.29) is 23.4 Å². The molecule has 3 N–H and O–H groups in total. The molecular weight excluding hydrogens is 359 g/mol. The Morgan fingerprint density at radius 1 is 1.31 bits per heavy atom. The smallest absolute Gasteiger partial charge is 0.159 e. The molecule has 2 aliphatic heterocycles. The molecule has 144 valence electrons. The second kappa shape index (κ2) is 8.67. The lowest BCUT2D eigenvalue weighted by molar-refractivity contribution is -0.193. The Hall–Kier alpha value is -1.19. The van der Waals surface area contributed by atoms with Gasteiger partial charge in [0.25, 0.3) is 0 Å². The molecule has 0 spiro atoms. The van der Waals surface area contributed by atoms with Gasteiger partial charge in [0.1, 0.15) is 29.6 Å². The lowest BCUT2D eigenvalue weighted by Crippen LogP contribution is -2.61. The molecule has 0 aliphatic carbocycles. The summed E-state index contributed by atoms with van der Waals surface area (Å²) in [7, 11) is 1.67. The van der Waals surface area contributed by atoms with Gasteiger partial charge in [-0.25, -0.2) is 4.39 Å². The molecule has 1 aromatic carbocycles. The van der Waals surface area contributed by atoms with Crippen molar-refractivity contribution in [1.82, 2.24) is 5.32 Å². The number of aliphatic hydroxyl groups is 2. The lowest BCUT2D eigenvalue weighted by Gasteiger charge is -2.41. The molecule has 6 atom stereocenters. The number of amidine groups is 1. The summed E-state index contributed by atoms with van der Waals surface area (Å²) in [6, 6.07) is 6.05. The Morgan fingerprint density at radius 3 is 2.73 bits per heavy atom. The van der Waals surface area contributed by atoms with Gasteiger partial charge in [-0.05, 0) is 37.5 Å². The second-order valence-corrected chi connectivity index (χ2v) is 7.66. The number of benzene rings is 1. The van der Waals surface area contributed by atoms with Crippen LogP contribution in [0.4, 0.5) is 4.39 Å². The van der Waals surface area contributed by atoms with E-state index in [1.807, 2.05) is 6.92 Å². The van der Waals surface area contributed by atoms with Crippen LogP contribution in [-0.2, 0) is 15.9 Å². The maximum Gasteiger partial charge on any atom is 0.159 e. The van der Waals surface area contributed by atoms with E-state index in [1.165, 1.54) is 23.9 Å². The molecule has 0 bridgehead atoms. The number of aliphatic imine (C=N–C) groups is 1. The average molecular weight is 384 g/mol. The van der Waals surface area contributed by atoms with Gasteiger partial charge >= 0.3 is 0 Å². The van der Waals surface area contributed by atoms with Crippen LogP contribution < -0.4 is 5.32 Å². The summed E-state index contributed by atoms with van der Waals surface area (Å²) in [6.07, 6.45) is -1.40. The van der Waals surface area contributed by atoms with Gasteiger partial charge in [-0.3, -0.25) is 4.99 Å². The monoisotopic (exact) mass is 384 g/mol. The molecule has 0 amide bonds. The molecule has 2 saturated heterocycles. The van der Waals surface area contributed by atoms with Gasteiger partial charge < -0.3 is 25.0 Å². The number of aliphatic hydroxyl groups excluding tert-OH is 2. The zero-order valence-electron chi connectivity index (χ0n) is 14.8. The maximum atomic E-state index is 12.9. The highest BCUT2D eigenvalue weighted by molar-refractivity contribution is 8.14. The van der Waals surface area contributed by atoms with Crippen LogP contribution in [0, 0.1) is 5.82 Å². The predicted molar refractivity (Wildman–Crippen MR) is 98.7 cm³/mol. The van der Waals surface area contributed by atoms with E-state index in [4.69, 9.17) is 9.47 Å². The fourth-order valence-electron chi connectivity index (χ4n) is 3.23. The molecule has 1 aromatic rings. The van der Waals surface area contributed by atoms with E-state index in [2.05, 4.69) is 10.3 Å². The van der Waals surface area contributed by atoms with Crippen molar-refractivity contribution in [3.8, 4) is 0 Å². The van der Waals surface area contributed by atoms with Crippen LogP contribution in [-0.4, -0.2) is 64.9 Å². The van der Waals surface area contributed by atoms with Crippen molar-refractivity contribution < 1.29 is 24.1 Å². The van der Waals surface area contributed by atoms with Crippen LogP contribution in [0.1, 0.15) is 18.9 Å². The van der Waals surface area contributed by atoms with Gasteiger partial charge in [0, 0.05) is 13.7 Å². The Labute approximate surface area is 156 Å². The first-order chi connectivity index (χ1) is 12.5. The third-order valence-electron chi connectivity index (χ3n) is 4.73. The molecule has 2 fully saturated rings. The van der Waals surface area contributed by atoms with Gasteiger partial charge in [-0.15, -0.1) is 0 Å². The summed E-state index contributed by atoms with van der Waals surface area (Å²) >= 11 is 1.41. The molecule has 3 rings (SSSR count). The van der Waals surface area contributed by atoms with Gasteiger partial charge in [-0.2, -0.15) is 0 Å². The van der Waals surface area contributed by atoms with Crippen molar-refractivity contribution in [2.24, 2.45) is 4.99 Å². The number of aryl methyl sites for hydroxylation is 1. The Balaban J connectivity index is 1.48. The third kappa shape index (κ3) is 4.37. The fraction of sp³-hybridized carbons (Fsp3) is 0.611. The van der Waals surface area contributed by atoms with Gasteiger partial charge in [0.2, 0.25) is 0 Å². The summed E-state index contributed by atoms with van der Waals surface area (Å²) in [5.74, 6) is -0.241. The van der Waals surface area contributed by atoms with Crippen LogP contribution in [0.25, 0.3) is 0 Å². The van der Waals surface area contributed by atoms with Crippen LogP contribution in [0.15, 0.2) is 29.3 Å². The minimum atomic E-state index is -1.03. The average Bonchev–Trinajstić information content (AvgIpc) is 3.06. The third-order valence-corrected chi connectivity index (χ3v) is 5.89. The number of hydrogen-bond donors (Lipinski definition) is 3. The minimum Gasteiger partial charge on any atom is -0.388 e. The number of hydrogen-bond acceptors (Lipinski definition) is 6. The molecular formula is C18H25FN2O4S. The van der Waals surface area contributed by atoms with E-state index < -0.39 is 18.3 Å². The maximum absolute atomic E-state index is 12.9. The zero-order valence-corrected chi connectivity index (χ0v) is 15.7. The molecule has 2 heterocycles. The topological polar surface area (TPSA) is 83.3 Å². The number of halogens is 1. The summed E-state index contributed by atoms with van der Waals surface area (Å²) in [4.78, 5) is 4.08. The number of ether oxygens (including phenoxy) is 2. The fourth-order valence-corrected chi connectivity index (χ4v) is 4.31. The molecule has 2 aliphatic rings. The number of thioether (sulfide) groups is 1. The summed E-state index contributed by atoms with van der Waals surface area (Å²) in [5.41, 5.74) is 0.747. The molecule has 0 radical (unpaired) electrons. The zero-order chi connectivity index (χ0) is 18.7. The van der Waals surface area contributed by atoms with E-state index in [9.17, 15) is 14.6 Å². The number of nitrogens with one attached hydrogen (secondary N) is 1. The summed E-state index contributed by atoms with van der Waals surface area (Å²) in [5, 5.41) is 24.5. The van der Waals surface area contributed by atoms with Gasteiger partial charge in [-0.1, -0.05) is 23.9 Å². The van der Waals surface area contributed by atoms with Crippen molar-refractivity contribution in [3.63, 3.8) is 0 Å². The first-order valence-electron chi connectivity index (χ1n) is 8.77. The van der Waals surface area contributed by atoms with Crippen molar-refractivity contribution in [1.29, 1.82) is 0 Å². The number of nitrogens with zero attached hydrogens (tertiary/aromatic N) is 1. The molecule has 0 unspecified atom stereocenters. The number of rotatable bonds is 6. The molecule has 6 nitrogen and oxygen atoms in total. The summed E-state index contributed by atoms with van der Waals surface area (Å²) in [6.45, 7) is 2.32. The molecule has 0 aromatic heterocycles. The SMILES string of the molecule is CN=C1N[C@@H]2[C@@H](O)[C@H](O)[C@@H]([C@H](C)OCCCc3ccc(F)cc3)O[C@@H]2S1. The first-order valence-corrected chi connectivity index (χ1v) is 9.65. The van der Waals surface area contributed by atoms with Gasteiger partial charge in [0.05, 0.1) is 12.1 Å². The van der Waals surface area contributed by atoms with Crippen LogP contribution in [0.2, 0.25) is 0 Å². The normalized spacial score (nSPS) is 33.7. The quantitative estimate of drug-likeness (QED) is 0.642. The highest BCUT2D eigenvalue weighted by Gasteiger charge is 2.50. The van der Waals surface area contributed by atoms with Crippen molar-refractivity contribution in [3.05, 3.63) is 35.6 Å². The van der Waals surface area contributed by atoms with E-state index >= 15 is 0 Å². The lowest BCUT2D eigenvalue weighted by atomic mass is 9.95. The van der Waals surface area contributed by atoms with Crippen molar-refractivity contribution in [2.45, 2.75) is 55.7 Å². The van der Waals surface area contributed by atoms with Crippen molar-refractivity contribution in [2.75, 3.05) is 13.7 Å². The van der Waals surface area contributed by atoms with E-state index in [1.54, 1.807) is 19.2 Å². The summed E-state index contributed by atoms with van der Waals surface area (Å²) < 4.78 is 24.7. The van der Waals surface area contributed by atoms with Crippen molar-refractivity contribution >= 4 is 16.9 Å². The van der Waals surface area contributed by atoms with Crippen LogP contribution in [0.3, 0.4) is 0 Å². The highest BCUT2D eigenvalue weighted by atomic mass is 32.2. The van der Waals surface area contributed by atoms with Gasteiger partial charge in [0.15, 0.2) is 5.17 Å². The standard InChI is InChI=1S/C18H25FN2O4S/c1-10(24-9-3-4-11-5-7-12(19)8-6-11)16-15(23)14(22)13-17(25-16)26-18(20-2)21-13/h5-8,10,13-17,22-23H,3-4,9H2,1-2H3,(H,20,21)/t10-,13+,14+,15-,16+,17+/m0/s1. The Bertz CT molecular complexity index is 630. The predicted octanol–water partition coefficient (Wildman–Crippen LogP) is 1.30. The molecule has 8 heteroatoms. The Morgan fingerprint density at radius 2 is 2.04 bits per heavy atom.